The quantitative estimate of drug-likeness (QED) is 0.186. The molecule has 1 unspecified atom stereocenters. The summed E-state index contributed by atoms with van der Waals surface area (Å²) in [5.74, 6) is 2.59. The smallest absolute Gasteiger partial charge is 0.347 e. The van der Waals surface area contributed by atoms with E-state index in [0.29, 0.717) is 31.4 Å². The highest BCUT2D eigenvalue weighted by atomic mass is 35.5. The van der Waals surface area contributed by atoms with Gasteiger partial charge in [0, 0.05) is 43.7 Å². The number of hydrogen-bond donors (Lipinski definition) is 1. The van der Waals surface area contributed by atoms with Crippen molar-refractivity contribution in [2.75, 3.05) is 32.8 Å². The summed E-state index contributed by atoms with van der Waals surface area (Å²) in [6, 6.07) is 24.6. The average molecular weight is 591 g/mol. The number of carbonyl (C=O) groups excluding carboxylic acids is 1. The van der Waals surface area contributed by atoms with Crippen LogP contribution in [0.2, 0.25) is 5.02 Å². The lowest BCUT2D eigenvalue weighted by molar-refractivity contribution is -0.151. The van der Waals surface area contributed by atoms with Gasteiger partial charge in [0.05, 0.1) is 6.61 Å². The standard InChI is InChI=1S/C35H43ClN2O4/c1-5-40-34(39)32(42-29-16-10-26(11-17-29)35(2,3)4)20-24-8-14-28(15-9-24)41-19-18-37-33-30-22-38(23-31(30)33)21-25-6-12-27(36)13-7-25/h6-17,30-33,37H,5,18-23H2,1-4H3/t30-,31+,32-,33?/m1/s1. The zero-order valence-corrected chi connectivity index (χ0v) is 25.9. The predicted octanol–water partition coefficient (Wildman–Crippen LogP) is 6.29. The van der Waals surface area contributed by atoms with Gasteiger partial charge < -0.3 is 19.5 Å². The molecule has 0 spiro atoms. The number of rotatable bonds is 13. The van der Waals surface area contributed by atoms with Gasteiger partial charge in [-0.2, -0.15) is 0 Å². The second-order valence-corrected chi connectivity index (χ2v) is 12.9. The van der Waals surface area contributed by atoms with E-state index in [1.54, 1.807) is 6.92 Å². The number of esters is 1. The molecule has 0 amide bonds. The van der Waals surface area contributed by atoms with Crippen molar-refractivity contribution in [3.05, 3.63) is 94.5 Å². The third-order valence-electron chi connectivity index (χ3n) is 8.23. The van der Waals surface area contributed by atoms with Gasteiger partial charge in [-0.3, -0.25) is 4.90 Å². The summed E-state index contributed by atoms with van der Waals surface area (Å²) < 4.78 is 17.4. The Morgan fingerprint density at radius 2 is 1.55 bits per heavy atom. The first-order chi connectivity index (χ1) is 20.2. The Balaban J connectivity index is 1.04. The van der Waals surface area contributed by atoms with Gasteiger partial charge in [0.25, 0.3) is 0 Å². The van der Waals surface area contributed by atoms with E-state index >= 15 is 0 Å². The summed E-state index contributed by atoms with van der Waals surface area (Å²) in [7, 11) is 0. The molecule has 0 aromatic heterocycles. The van der Waals surface area contributed by atoms with Gasteiger partial charge in [-0.05, 0) is 77.3 Å². The summed E-state index contributed by atoms with van der Waals surface area (Å²) in [6.45, 7) is 13.4. The first-order valence-electron chi connectivity index (χ1n) is 15.1. The number of piperidine rings is 1. The first-order valence-corrected chi connectivity index (χ1v) is 15.4. The van der Waals surface area contributed by atoms with Crippen molar-refractivity contribution in [2.45, 2.75) is 58.2 Å². The maximum atomic E-state index is 12.7. The minimum Gasteiger partial charge on any atom is -0.492 e. The van der Waals surface area contributed by atoms with Crippen LogP contribution in [0.3, 0.4) is 0 Å². The molecule has 224 valence electrons. The predicted molar refractivity (Wildman–Crippen MR) is 167 cm³/mol. The molecule has 6 nitrogen and oxygen atoms in total. The molecule has 1 aliphatic carbocycles. The molecular weight excluding hydrogens is 548 g/mol. The summed E-state index contributed by atoms with van der Waals surface area (Å²) >= 11 is 6.01. The molecule has 1 saturated heterocycles. The molecule has 7 heteroatoms. The lowest BCUT2D eigenvalue weighted by Gasteiger charge is -2.21. The fourth-order valence-corrected chi connectivity index (χ4v) is 5.96. The van der Waals surface area contributed by atoms with Crippen LogP contribution in [0.1, 0.15) is 44.4 Å². The molecule has 1 N–H and O–H groups in total. The maximum Gasteiger partial charge on any atom is 0.347 e. The zero-order valence-electron chi connectivity index (χ0n) is 25.1. The van der Waals surface area contributed by atoms with Crippen molar-refractivity contribution in [1.82, 2.24) is 10.2 Å². The van der Waals surface area contributed by atoms with Crippen LogP contribution in [0.25, 0.3) is 0 Å². The van der Waals surface area contributed by atoms with Crippen molar-refractivity contribution in [3.8, 4) is 11.5 Å². The Hall–Kier alpha value is -3.06. The number of nitrogens with one attached hydrogen (secondary N) is 1. The van der Waals surface area contributed by atoms with E-state index in [2.05, 4.69) is 43.1 Å². The molecule has 42 heavy (non-hydrogen) atoms. The van der Waals surface area contributed by atoms with Gasteiger partial charge in [0.1, 0.15) is 18.1 Å². The molecule has 1 heterocycles. The van der Waals surface area contributed by atoms with Crippen molar-refractivity contribution < 1.29 is 19.0 Å². The van der Waals surface area contributed by atoms with Crippen LogP contribution >= 0.6 is 11.6 Å². The van der Waals surface area contributed by atoms with E-state index in [1.807, 2.05) is 60.7 Å². The number of nitrogens with zero attached hydrogens (tertiary/aromatic N) is 1. The molecule has 3 aromatic rings. The van der Waals surface area contributed by atoms with E-state index in [1.165, 1.54) is 11.1 Å². The van der Waals surface area contributed by atoms with Gasteiger partial charge in [-0.15, -0.1) is 0 Å². The normalized spacial score (nSPS) is 20.5. The van der Waals surface area contributed by atoms with Gasteiger partial charge in [0.15, 0.2) is 6.10 Å². The van der Waals surface area contributed by atoms with Crippen molar-refractivity contribution in [3.63, 3.8) is 0 Å². The SMILES string of the molecule is CCOC(=O)[C@@H](Cc1ccc(OCCNC2[C@H]3CN(Cc4ccc(Cl)cc4)C[C@@H]23)cc1)Oc1ccc(C(C)(C)C)cc1. The molecule has 4 atom stereocenters. The number of fused-ring (bicyclic) bond motifs is 1. The Morgan fingerprint density at radius 1 is 0.929 bits per heavy atom. The second-order valence-electron chi connectivity index (χ2n) is 12.5. The highest BCUT2D eigenvalue weighted by molar-refractivity contribution is 6.30. The Labute approximate surface area is 255 Å². The van der Waals surface area contributed by atoms with Gasteiger partial charge in [-0.25, -0.2) is 4.79 Å². The fraction of sp³-hybridized carbons (Fsp3) is 0.457. The highest BCUT2D eigenvalue weighted by Crippen LogP contribution is 2.45. The minimum absolute atomic E-state index is 0.0523. The number of carbonyl (C=O) groups is 1. The first kappa shape index (κ1) is 30.4. The number of hydrogen-bond acceptors (Lipinski definition) is 6. The van der Waals surface area contributed by atoms with Gasteiger partial charge in [0.2, 0.25) is 0 Å². The Morgan fingerprint density at radius 3 is 2.17 bits per heavy atom. The van der Waals surface area contributed by atoms with Gasteiger partial charge in [-0.1, -0.05) is 68.8 Å². The topological polar surface area (TPSA) is 60.0 Å². The lowest BCUT2D eigenvalue weighted by atomic mass is 9.87. The van der Waals surface area contributed by atoms with E-state index < -0.39 is 6.10 Å². The maximum absolute atomic E-state index is 12.7. The molecule has 0 bridgehead atoms. The molecule has 0 radical (unpaired) electrons. The van der Waals surface area contributed by atoms with E-state index in [4.69, 9.17) is 25.8 Å². The van der Waals surface area contributed by atoms with Crippen LogP contribution in [0.15, 0.2) is 72.8 Å². The number of ether oxygens (including phenoxy) is 3. The monoisotopic (exact) mass is 590 g/mol. The van der Waals surface area contributed by atoms with Crippen LogP contribution in [0.5, 0.6) is 11.5 Å². The summed E-state index contributed by atoms with van der Waals surface area (Å²) in [4.78, 5) is 15.2. The van der Waals surface area contributed by atoms with Crippen LogP contribution < -0.4 is 14.8 Å². The third-order valence-corrected chi connectivity index (χ3v) is 8.48. The molecule has 1 saturated carbocycles. The number of benzene rings is 3. The fourth-order valence-electron chi connectivity index (χ4n) is 5.83. The third kappa shape index (κ3) is 8.06. The van der Waals surface area contributed by atoms with Crippen molar-refractivity contribution in [2.24, 2.45) is 11.8 Å². The summed E-state index contributed by atoms with van der Waals surface area (Å²) in [5.41, 5.74) is 3.57. The van der Waals surface area contributed by atoms with E-state index in [9.17, 15) is 4.79 Å². The second kappa shape index (κ2) is 13.5. The molecule has 5 rings (SSSR count). The van der Waals surface area contributed by atoms with E-state index in [0.717, 1.165) is 54.4 Å². The van der Waals surface area contributed by atoms with Crippen LogP contribution in [0, 0.1) is 11.8 Å². The molecule has 1 aliphatic heterocycles. The van der Waals surface area contributed by atoms with E-state index in [-0.39, 0.29) is 11.4 Å². The highest BCUT2D eigenvalue weighted by Gasteiger charge is 2.55. The van der Waals surface area contributed by atoms with Crippen LogP contribution in [-0.2, 0) is 27.9 Å². The van der Waals surface area contributed by atoms with Crippen molar-refractivity contribution >= 4 is 17.6 Å². The summed E-state index contributed by atoms with van der Waals surface area (Å²) in [5, 5.41) is 4.47. The van der Waals surface area contributed by atoms with Crippen LogP contribution in [-0.4, -0.2) is 55.9 Å². The molecule has 2 aliphatic rings. The van der Waals surface area contributed by atoms with Gasteiger partial charge >= 0.3 is 5.97 Å². The average Bonchev–Trinajstić information content (AvgIpc) is 3.42. The summed E-state index contributed by atoms with van der Waals surface area (Å²) in [6.07, 6.45) is -0.303. The number of likely N-dealkylation sites (tertiary alicyclic amines) is 1. The molecule has 2 fully saturated rings. The largest absolute Gasteiger partial charge is 0.492 e. The zero-order chi connectivity index (χ0) is 29.7. The lowest BCUT2D eigenvalue weighted by Crippen LogP contribution is -2.33. The Kier molecular flexibility index (Phi) is 9.77. The number of halogens is 1. The molecule has 3 aromatic carbocycles. The molecular formula is C35H43ClN2O4. The minimum atomic E-state index is -0.721. The Bertz CT molecular complexity index is 1290. The van der Waals surface area contributed by atoms with Crippen LogP contribution in [0.4, 0.5) is 0 Å². The van der Waals surface area contributed by atoms with Crippen molar-refractivity contribution in [1.29, 1.82) is 0 Å².